The van der Waals surface area contributed by atoms with E-state index in [9.17, 15) is 21.6 Å². The summed E-state index contributed by atoms with van der Waals surface area (Å²) in [6, 6.07) is 0.246. The van der Waals surface area contributed by atoms with Crippen molar-refractivity contribution in [1.29, 1.82) is 0 Å². The summed E-state index contributed by atoms with van der Waals surface area (Å²) < 4.78 is 64.2. The van der Waals surface area contributed by atoms with Crippen molar-refractivity contribution >= 4 is 10.0 Å². The lowest BCUT2D eigenvalue weighted by Crippen LogP contribution is -2.32. The molecule has 1 fully saturated rings. The van der Waals surface area contributed by atoms with Crippen LogP contribution in [0.15, 0.2) is 17.0 Å². The first-order valence-electron chi connectivity index (χ1n) is 5.22. The third kappa shape index (κ3) is 2.23. The molecule has 1 heterocycles. The lowest BCUT2D eigenvalue weighted by atomic mass is 10.3. The summed E-state index contributed by atoms with van der Waals surface area (Å²) >= 11 is 0. The van der Waals surface area contributed by atoms with Crippen LogP contribution in [0.2, 0.25) is 0 Å². The molecule has 8 heteroatoms. The lowest BCUT2D eigenvalue weighted by Gasteiger charge is -2.16. The van der Waals surface area contributed by atoms with Gasteiger partial charge in [0.2, 0.25) is 10.0 Å². The topological polar surface area (TPSA) is 63.4 Å². The second kappa shape index (κ2) is 4.52. The number of sulfonamides is 1. The molecule has 2 N–H and O–H groups in total. The van der Waals surface area contributed by atoms with E-state index in [0.29, 0.717) is 12.5 Å². The Kier molecular flexibility index (Phi) is 3.35. The summed E-state index contributed by atoms with van der Waals surface area (Å²) in [5, 5.41) is 0. The molecule has 0 radical (unpaired) electrons. The number of rotatable bonds is 2. The minimum absolute atomic E-state index is 0.0424. The van der Waals surface area contributed by atoms with Gasteiger partial charge in [0.25, 0.3) is 0 Å². The predicted octanol–water partition coefficient (Wildman–Crippen LogP) is 0.826. The maximum atomic E-state index is 13.4. The molecule has 0 aromatic heterocycles. The van der Waals surface area contributed by atoms with E-state index in [0.717, 1.165) is 4.31 Å². The summed E-state index contributed by atoms with van der Waals surface area (Å²) in [5.74, 6) is -4.14. The molecule has 0 amide bonds. The molecule has 1 aliphatic heterocycles. The number of nitrogens with zero attached hydrogens (tertiary/aromatic N) is 1. The highest BCUT2D eigenvalue weighted by atomic mass is 32.2. The van der Waals surface area contributed by atoms with Gasteiger partial charge < -0.3 is 5.73 Å². The predicted molar refractivity (Wildman–Crippen MR) is 57.7 cm³/mol. The number of hydrogen-bond donors (Lipinski definition) is 1. The number of benzene rings is 1. The van der Waals surface area contributed by atoms with Crippen LogP contribution in [-0.4, -0.2) is 31.9 Å². The minimum Gasteiger partial charge on any atom is -0.326 e. The Labute approximate surface area is 102 Å². The molecule has 1 aromatic rings. The molecular weight excluding hydrogens is 269 g/mol. The third-order valence-corrected chi connectivity index (χ3v) is 4.66. The smallest absolute Gasteiger partial charge is 0.246 e. The van der Waals surface area contributed by atoms with Gasteiger partial charge in [0.15, 0.2) is 11.6 Å². The summed E-state index contributed by atoms with van der Waals surface area (Å²) in [5.41, 5.74) is 5.56. The van der Waals surface area contributed by atoms with E-state index in [4.69, 9.17) is 5.73 Å². The Morgan fingerprint density at radius 2 is 1.78 bits per heavy atom. The first-order chi connectivity index (χ1) is 8.32. The Balaban J connectivity index is 2.45. The van der Waals surface area contributed by atoms with Crippen molar-refractivity contribution in [1.82, 2.24) is 4.31 Å². The summed E-state index contributed by atoms with van der Waals surface area (Å²) in [4.78, 5) is -0.865. The molecule has 0 unspecified atom stereocenters. The largest absolute Gasteiger partial charge is 0.326 e. The first-order valence-corrected chi connectivity index (χ1v) is 6.66. The normalized spacial score (nSPS) is 21.4. The van der Waals surface area contributed by atoms with E-state index in [-0.39, 0.29) is 25.2 Å². The fourth-order valence-electron chi connectivity index (χ4n) is 1.81. The van der Waals surface area contributed by atoms with Crippen LogP contribution in [0.25, 0.3) is 0 Å². The van der Waals surface area contributed by atoms with Crippen LogP contribution in [0, 0.1) is 17.5 Å². The molecule has 4 nitrogen and oxygen atoms in total. The van der Waals surface area contributed by atoms with Gasteiger partial charge in [-0.15, -0.1) is 0 Å². The van der Waals surface area contributed by atoms with Crippen molar-refractivity contribution in [3.63, 3.8) is 0 Å². The second-order valence-electron chi connectivity index (χ2n) is 4.11. The van der Waals surface area contributed by atoms with Gasteiger partial charge in [-0.1, -0.05) is 0 Å². The van der Waals surface area contributed by atoms with E-state index in [2.05, 4.69) is 0 Å². The van der Waals surface area contributed by atoms with E-state index in [1.165, 1.54) is 0 Å². The van der Waals surface area contributed by atoms with Crippen LogP contribution >= 0.6 is 0 Å². The zero-order valence-corrected chi connectivity index (χ0v) is 10.1. The molecule has 0 aliphatic carbocycles. The molecule has 1 atom stereocenters. The lowest BCUT2D eigenvalue weighted by molar-refractivity contribution is 0.454. The molecule has 1 aliphatic rings. The highest BCUT2D eigenvalue weighted by molar-refractivity contribution is 7.89. The number of hydrogen-bond acceptors (Lipinski definition) is 3. The summed E-state index contributed by atoms with van der Waals surface area (Å²) in [6.45, 7) is 0.183. The van der Waals surface area contributed by atoms with Crippen LogP contribution in [0.1, 0.15) is 6.42 Å². The molecule has 1 saturated heterocycles. The van der Waals surface area contributed by atoms with Crippen molar-refractivity contribution in [3.05, 3.63) is 29.6 Å². The van der Waals surface area contributed by atoms with Gasteiger partial charge in [0.1, 0.15) is 10.7 Å². The second-order valence-corrected chi connectivity index (χ2v) is 6.01. The van der Waals surface area contributed by atoms with Crippen LogP contribution in [0.3, 0.4) is 0 Å². The van der Waals surface area contributed by atoms with Gasteiger partial charge in [0.05, 0.1) is 0 Å². The zero-order valence-electron chi connectivity index (χ0n) is 9.24. The van der Waals surface area contributed by atoms with Crippen LogP contribution in [0.4, 0.5) is 13.2 Å². The minimum atomic E-state index is -4.17. The fraction of sp³-hybridized carbons (Fsp3) is 0.400. The molecule has 0 bridgehead atoms. The Hall–Kier alpha value is -1.12. The van der Waals surface area contributed by atoms with Crippen molar-refractivity contribution in [2.45, 2.75) is 17.4 Å². The highest BCUT2D eigenvalue weighted by Gasteiger charge is 2.33. The molecule has 2 rings (SSSR count). The summed E-state index contributed by atoms with van der Waals surface area (Å²) in [7, 11) is -4.17. The van der Waals surface area contributed by atoms with Gasteiger partial charge in [-0.3, -0.25) is 0 Å². The standard InChI is InChI=1S/C10H11F3N2O2S/c11-7-3-9(13)10(4-8(7)12)18(16,17)15-2-1-6(14)5-15/h3-4,6H,1-2,5,14H2/t6-/m0/s1. The zero-order chi connectivity index (χ0) is 13.5. The molecule has 100 valence electrons. The number of halogens is 3. The third-order valence-electron chi connectivity index (χ3n) is 2.78. The van der Waals surface area contributed by atoms with Gasteiger partial charge in [-0.2, -0.15) is 4.31 Å². The van der Waals surface area contributed by atoms with Crippen molar-refractivity contribution in [2.75, 3.05) is 13.1 Å². The Morgan fingerprint density at radius 1 is 1.17 bits per heavy atom. The Morgan fingerprint density at radius 3 is 2.33 bits per heavy atom. The molecular formula is C10H11F3N2O2S. The SMILES string of the molecule is N[C@H]1CCN(S(=O)(=O)c2cc(F)c(F)cc2F)C1. The van der Waals surface area contributed by atoms with Gasteiger partial charge in [0, 0.05) is 25.2 Å². The average Bonchev–Trinajstić information content (AvgIpc) is 2.70. The van der Waals surface area contributed by atoms with Gasteiger partial charge in [-0.05, 0) is 12.5 Å². The van der Waals surface area contributed by atoms with Crippen molar-refractivity contribution < 1.29 is 21.6 Å². The Bertz CT molecular complexity index is 577. The molecule has 18 heavy (non-hydrogen) atoms. The van der Waals surface area contributed by atoms with E-state index in [1.54, 1.807) is 0 Å². The quantitative estimate of drug-likeness (QED) is 0.816. The van der Waals surface area contributed by atoms with Crippen LogP contribution < -0.4 is 5.73 Å². The maximum absolute atomic E-state index is 13.4. The fourth-order valence-corrected chi connectivity index (χ4v) is 3.38. The van der Waals surface area contributed by atoms with E-state index < -0.39 is 32.4 Å². The number of nitrogens with two attached hydrogens (primary N) is 1. The first kappa shape index (κ1) is 13.3. The molecule has 0 saturated carbocycles. The van der Waals surface area contributed by atoms with Crippen molar-refractivity contribution in [2.24, 2.45) is 5.73 Å². The summed E-state index contributed by atoms with van der Waals surface area (Å²) in [6.07, 6.45) is 0.449. The highest BCUT2D eigenvalue weighted by Crippen LogP contribution is 2.24. The monoisotopic (exact) mass is 280 g/mol. The molecule has 0 spiro atoms. The molecule has 1 aromatic carbocycles. The average molecular weight is 280 g/mol. The van der Waals surface area contributed by atoms with Crippen molar-refractivity contribution in [3.8, 4) is 0 Å². The maximum Gasteiger partial charge on any atom is 0.246 e. The van der Waals surface area contributed by atoms with Gasteiger partial charge >= 0.3 is 0 Å². The van der Waals surface area contributed by atoms with E-state index in [1.807, 2.05) is 0 Å². The van der Waals surface area contributed by atoms with Crippen LogP contribution in [0.5, 0.6) is 0 Å². The van der Waals surface area contributed by atoms with Crippen LogP contribution in [-0.2, 0) is 10.0 Å². The van der Waals surface area contributed by atoms with Gasteiger partial charge in [-0.25, -0.2) is 21.6 Å². The van der Waals surface area contributed by atoms with E-state index >= 15 is 0 Å².